The Morgan fingerprint density at radius 2 is 2.03 bits per heavy atom. The largest absolute Gasteiger partial charge is 0.490 e. The maximum absolute atomic E-state index is 11.7. The summed E-state index contributed by atoms with van der Waals surface area (Å²) in [7, 11) is 0. The number of amides is 1. The Balaban J connectivity index is 0.000000298. The number of furan rings is 1. The highest BCUT2D eigenvalue weighted by molar-refractivity contribution is 5.80. The van der Waals surface area contributed by atoms with Crippen LogP contribution in [0, 0.1) is 5.92 Å². The summed E-state index contributed by atoms with van der Waals surface area (Å²) in [5.41, 5.74) is 1.10. The molecule has 2 N–H and O–H groups in total. The Morgan fingerprint density at radius 3 is 2.62 bits per heavy atom. The number of carboxylic acids is 1. The first-order valence-corrected chi connectivity index (χ1v) is 9.10. The number of carboxylic acid groups (broad SMARTS) is 1. The van der Waals surface area contributed by atoms with E-state index in [-0.39, 0.29) is 11.8 Å². The summed E-state index contributed by atoms with van der Waals surface area (Å²) in [6.45, 7) is 4.09. The number of aliphatic carboxylic acids is 1. The van der Waals surface area contributed by atoms with E-state index in [1.54, 1.807) is 6.26 Å². The number of hydrogen-bond donors (Lipinski definition) is 2. The average molecular weight is 414 g/mol. The first-order chi connectivity index (χ1) is 13.7. The van der Waals surface area contributed by atoms with E-state index in [4.69, 9.17) is 14.3 Å². The number of halogens is 3. The summed E-state index contributed by atoms with van der Waals surface area (Å²) >= 11 is 0. The van der Waals surface area contributed by atoms with Crippen molar-refractivity contribution in [3.05, 3.63) is 41.9 Å². The monoisotopic (exact) mass is 414 g/mol. The van der Waals surface area contributed by atoms with Gasteiger partial charge in [0.1, 0.15) is 11.6 Å². The minimum atomic E-state index is -5.08. The average Bonchev–Trinajstić information content (AvgIpc) is 3.25. The highest BCUT2D eigenvalue weighted by Gasteiger charge is 2.38. The summed E-state index contributed by atoms with van der Waals surface area (Å²) in [4.78, 5) is 27.5. The molecule has 11 heteroatoms. The van der Waals surface area contributed by atoms with E-state index in [9.17, 15) is 18.0 Å². The number of hydrogen-bond acceptors (Lipinski definition) is 5. The van der Waals surface area contributed by atoms with Gasteiger partial charge in [0.15, 0.2) is 0 Å². The lowest BCUT2D eigenvalue weighted by Gasteiger charge is -2.27. The number of carbonyl (C=O) groups is 2. The maximum atomic E-state index is 11.7. The zero-order valence-corrected chi connectivity index (χ0v) is 15.5. The van der Waals surface area contributed by atoms with Crippen LogP contribution < -0.4 is 5.32 Å². The molecule has 1 aliphatic carbocycles. The molecule has 0 spiro atoms. The van der Waals surface area contributed by atoms with Crippen LogP contribution in [-0.2, 0) is 35.8 Å². The molecule has 1 amide bonds. The summed E-state index contributed by atoms with van der Waals surface area (Å²) in [5.74, 6) is -0.267. The zero-order chi connectivity index (χ0) is 21.0. The predicted octanol–water partition coefficient (Wildman–Crippen LogP) is 2.15. The molecule has 0 aromatic carbocycles. The normalized spacial score (nSPS) is 16.5. The van der Waals surface area contributed by atoms with Gasteiger partial charge in [-0.25, -0.2) is 9.78 Å². The SMILES string of the molecule is O=C(NCc1cnc2n1CCN(Cc1ccco1)C2)C1CC1.O=C(O)C(F)(F)F. The number of imidazole rings is 1. The standard InChI is InChI=1S/C16H20N4O2.C2HF3O2/c21-16(12-3-4-12)18-9-13-8-17-15-11-19(5-6-20(13)15)10-14-2-1-7-22-14;3-2(4,5)1(6)7/h1-2,7-8,12H,3-6,9-11H2,(H,18,21);(H,6,7). The Bertz CT molecular complexity index is 844. The second kappa shape index (κ2) is 8.68. The van der Waals surface area contributed by atoms with Gasteiger partial charge in [-0.1, -0.05) is 0 Å². The molecule has 2 aromatic heterocycles. The van der Waals surface area contributed by atoms with Crippen molar-refractivity contribution in [2.75, 3.05) is 6.54 Å². The lowest BCUT2D eigenvalue weighted by molar-refractivity contribution is -0.192. The van der Waals surface area contributed by atoms with Gasteiger partial charge in [-0.05, 0) is 25.0 Å². The molecular formula is C18H21F3N4O4. The van der Waals surface area contributed by atoms with Crippen LogP contribution in [0.1, 0.15) is 30.1 Å². The molecule has 0 bridgehead atoms. The van der Waals surface area contributed by atoms with E-state index >= 15 is 0 Å². The summed E-state index contributed by atoms with van der Waals surface area (Å²) in [5, 5.41) is 10.1. The fraction of sp³-hybridized carbons (Fsp3) is 0.500. The van der Waals surface area contributed by atoms with E-state index < -0.39 is 12.1 Å². The molecule has 3 heterocycles. The van der Waals surface area contributed by atoms with Gasteiger partial charge in [0.2, 0.25) is 5.91 Å². The lowest BCUT2D eigenvalue weighted by Crippen LogP contribution is -2.34. The predicted molar refractivity (Wildman–Crippen MR) is 93.3 cm³/mol. The molecule has 0 unspecified atom stereocenters. The molecule has 2 aliphatic rings. The van der Waals surface area contributed by atoms with E-state index in [0.717, 1.165) is 56.3 Å². The molecule has 0 saturated heterocycles. The molecule has 29 heavy (non-hydrogen) atoms. The third kappa shape index (κ3) is 5.83. The molecule has 0 radical (unpaired) electrons. The Hall–Kier alpha value is -2.82. The van der Waals surface area contributed by atoms with Crippen molar-refractivity contribution < 1.29 is 32.3 Å². The smallest absolute Gasteiger partial charge is 0.475 e. The van der Waals surface area contributed by atoms with Crippen molar-refractivity contribution in [3.8, 4) is 0 Å². The van der Waals surface area contributed by atoms with E-state index in [1.807, 2.05) is 18.3 Å². The van der Waals surface area contributed by atoms with Crippen molar-refractivity contribution in [1.82, 2.24) is 19.8 Å². The number of carbonyl (C=O) groups excluding carboxylic acids is 1. The molecule has 1 fully saturated rings. The summed E-state index contributed by atoms with van der Waals surface area (Å²) < 4.78 is 39.4. The van der Waals surface area contributed by atoms with Crippen LogP contribution in [0.4, 0.5) is 13.2 Å². The van der Waals surface area contributed by atoms with Gasteiger partial charge in [0.05, 0.1) is 37.8 Å². The molecule has 1 saturated carbocycles. The minimum absolute atomic E-state index is 0.186. The van der Waals surface area contributed by atoms with Gasteiger partial charge in [-0.2, -0.15) is 13.2 Å². The van der Waals surface area contributed by atoms with Gasteiger partial charge in [0.25, 0.3) is 0 Å². The van der Waals surface area contributed by atoms with E-state index in [2.05, 4.69) is 19.8 Å². The van der Waals surface area contributed by atoms with Crippen LogP contribution in [0.15, 0.2) is 29.0 Å². The molecule has 1 aliphatic heterocycles. The number of fused-ring (bicyclic) bond motifs is 1. The topological polar surface area (TPSA) is 101 Å². The quantitative estimate of drug-likeness (QED) is 0.778. The molecule has 158 valence electrons. The highest BCUT2D eigenvalue weighted by Crippen LogP contribution is 2.28. The Morgan fingerprint density at radius 1 is 1.31 bits per heavy atom. The van der Waals surface area contributed by atoms with Crippen LogP contribution in [-0.4, -0.2) is 44.2 Å². The van der Waals surface area contributed by atoms with Gasteiger partial charge < -0.3 is 19.4 Å². The van der Waals surface area contributed by atoms with Crippen LogP contribution in [0.3, 0.4) is 0 Å². The second-order valence-corrected chi connectivity index (χ2v) is 6.90. The molecular weight excluding hydrogens is 393 g/mol. The van der Waals surface area contributed by atoms with Crippen LogP contribution in [0.5, 0.6) is 0 Å². The van der Waals surface area contributed by atoms with Crippen LogP contribution in [0.25, 0.3) is 0 Å². The number of rotatable bonds is 5. The number of nitrogens with one attached hydrogen (secondary N) is 1. The van der Waals surface area contributed by atoms with Gasteiger partial charge in [-0.3, -0.25) is 9.69 Å². The van der Waals surface area contributed by atoms with E-state index in [0.29, 0.717) is 6.54 Å². The number of nitrogens with zero attached hydrogens (tertiary/aromatic N) is 3. The van der Waals surface area contributed by atoms with Crippen molar-refractivity contribution in [2.45, 2.75) is 45.2 Å². The minimum Gasteiger partial charge on any atom is -0.475 e. The summed E-state index contributed by atoms with van der Waals surface area (Å²) in [6, 6.07) is 3.92. The Labute approximate surface area is 164 Å². The third-order valence-electron chi connectivity index (χ3n) is 4.62. The maximum Gasteiger partial charge on any atom is 0.490 e. The molecule has 8 nitrogen and oxygen atoms in total. The fourth-order valence-electron chi connectivity index (χ4n) is 2.94. The van der Waals surface area contributed by atoms with Gasteiger partial charge in [0, 0.05) is 19.0 Å². The number of aromatic nitrogens is 2. The molecule has 2 aromatic rings. The van der Waals surface area contributed by atoms with Gasteiger partial charge >= 0.3 is 12.1 Å². The summed E-state index contributed by atoms with van der Waals surface area (Å²) in [6.07, 6.45) is 0.593. The van der Waals surface area contributed by atoms with Crippen molar-refractivity contribution in [2.24, 2.45) is 5.92 Å². The van der Waals surface area contributed by atoms with Crippen molar-refractivity contribution in [1.29, 1.82) is 0 Å². The van der Waals surface area contributed by atoms with Crippen molar-refractivity contribution >= 4 is 11.9 Å². The molecule has 0 atom stereocenters. The third-order valence-corrected chi connectivity index (χ3v) is 4.62. The number of alkyl halides is 3. The fourth-order valence-corrected chi connectivity index (χ4v) is 2.94. The first-order valence-electron chi connectivity index (χ1n) is 9.10. The zero-order valence-electron chi connectivity index (χ0n) is 15.5. The highest BCUT2D eigenvalue weighted by atomic mass is 19.4. The van der Waals surface area contributed by atoms with Gasteiger partial charge in [-0.15, -0.1) is 0 Å². The second-order valence-electron chi connectivity index (χ2n) is 6.90. The first kappa shape index (κ1) is 20.9. The lowest BCUT2D eigenvalue weighted by atomic mass is 10.3. The van der Waals surface area contributed by atoms with Crippen molar-refractivity contribution in [3.63, 3.8) is 0 Å². The van der Waals surface area contributed by atoms with Crippen LogP contribution in [0.2, 0.25) is 0 Å². The van der Waals surface area contributed by atoms with Crippen LogP contribution >= 0.6 is 0 Å². The van der Waals surface area contributed by atoms with E-state index in [1.165, 1.54) is 0 Å². The molecule has 4 rings (SSSR count). The Kier molecular flexibility index (Phi) is 6.26.